The lowest BCUT2D eigenvalue weighted by Gasteiger charge is -2.18. The van der Waals surface area contributed by atoms with Crippen LogP contribution < -0.4 is 11.3 Å². The van der Waals surface area contributed by atoms with Crippen molar-refractivity contribution in [3.8, 4) is 0 Å². The van der Waals surface area contributed by atoms with Crippen LogP contribution in [-0.2, 0) is 13.0 Å². The van der Waals surface area contributed by atoms with Crippen LogP contribution >= 0.6 is 11.6 Å². The molecule has 0 radical (unpaired) electrons. The molecule has 2 rings (SSSR count). The van der Waals surface area contributed by atoms with Crippen molar-refractivity contribution in [3.05, 3.63) is 52.6 Å². The molecule has 0 aliphatic heterocycles. The standard InChI is InChI=1S/C14H18ClFN4/c1-2-7-20-14(12(15)9-18-20)13(19-17)8-10-3-5-11(16)6-4-10/h3-6,9,13,19H,2,7-8,17H2,1H3. The average molecular weight is 297 g/mol. The highest BCUT2D eigenvalue weighted by Gasteiger charge is 2.19. The maximum atomic E-state index is 12.9. The number of hydrogen-bond donors (Lipinski definition) is 2. The summed E-state index contributed by atoms with van der Waals surface area (Å²) in [6.45, 7) is 2.86. The summed E-state index contributed by atoms with van der Waals surface area (Å²) < 4.78 is 14.8. The fraction of sp³-hybridized carbons (Fsp3) is 0.357. The van der Waals surface area contributed by atoms with Gasteiger partial charge in [-0.25, -0.2) is 4.39 Å². The molecule has 0 aliphatic carbocycles. The van der Waals surface area contributed by atoms with E-state index in [1.807, 2.05) is 4.68 Å². The van der Waals surface area contributed by atoms with E-state index in [4.69, 9.17) is 17.4 Å². The quantitative estimate of drug-likeness (QED) is 0.636. The third-order valence-corrected chi connectivity index (χ3v) is 3.44. The Kier molecular flexibility index (Phi) is 5.11. The summed E-state index contributed by atoms with van der Waals surface area (Å²) in [6.07, 6.45) is 3.20. The zero-order chi connectivity index (χ0) is 14.5. The van der Waals surface area contributed by atoms with Gasteiger partial charge in [-0.2, -0.15) is 5.10 Å². The number of aromatic nitrogens is 2. The lowest BCUT2D eigenvalue weighted by Crippen LogP contribution is -2.31. The van der Waals surface area contributed by atoms with Crippen LogP contribution in [0, 0.1) is 5.82 Å². The lowest BCUT2D eigenvalue weighted by atomic mass is 10.0. The molecule has 20 heavy (non-hydrogen) atoms. The fourth-order valence-corrected chi connectivity index (χ4v) is 2.47. The maximum absolute atomic E-state index is 12.9. The molecule has 0 bridgehead atoms. The second-order valence-electron chi connectivity index (χ2n) is 4.65. The van der Waals surface area contributed by atoms with Gasteiger partial charge in [0, 0.05) is 6.54 Å². The van der Waals surface area contributed by atoms with Crippen molar-refractivity contribution < 1.29 is 4.39 Å². The van der Waals surface area contributed by atoms with E-state index in [0.29, 0.717) is 11.4 Å². The molecule has 1 aromatic carbocycles. The van der Waals surface area contributed by atoms with Gasteiger partial charge in [-0.3, -0.25) is 16.0 Å². The van der Waals surface area contributed by atoms with Crippen LogP contribution in [-0.4, -0.2) is 9.78 Å². The van der Waals surface area contributed by atoms with Crippen molar-refractivity contribution in [2.45, 2.75) is 32.4 Å². The van der Waals surface area contributed by atoms with Crippen LogP contribution in [0.5, 0.6) is 0 Å². The van der Waals surface area contributed by atoms with Crippen LogP contribution in [0.1, 0.15) is 30.6 Å². The van der Waals surface area contributed by atoms with Gasteiger partial charge in [-0.15, -0.1) is 0 Å². The van der Waals surface area contributed by atoms with Crippen molar-refractivity contribution in [1.82, 2.24) is 15.2 Å². The summed E-state index contributed by atoms with van der Waals surface area (Å²) in [5.74, 6) is 5.40. The van der Waals surface area contributed by atoms with Crippen LogP contribution in [0.25, 0.3) is 0 Å². The third-order valence-electron chi connectivity index (χ3n) is 3.15. The van der Waals surface area contributed by atoms with E-state index < -0.39 is 0 Å². The predicted molar refractivity (Wildman–Crippen MR) is 77.7 cm³/mol. The maximum Gasteiger partial charge on any atom is 0.123 e. The van der Waals surface area contributed by atoms with E-state index in [0.717, 1.165) is 24.2 Å². The molecule has 0 saturated heterocycles. The molecule has 4 nitrogen and oxygen atoms in total. The van der Waals surface area contributed by atoms with E-state index in [2.05, 4.69) is 17.4 Å². The molecule has 0 aliphatic rings. The van der Waals surface area contributed by atoms with Gasteiger partial charge in [0.15, 0.2) is 0 Å². The summed E-state index contributed by atoms with van der Waals surface area (Å²) in [5, 5.41) is 4.85. The molecule has 0 spiro atoms. The Morgan fingerprint density at radius 2 is 2.10 bits per heavy atom. The van der Waals surface area contributed by atoms with Gasteiger partial charge in [-0.05, 0) is 30.5 Å². The van der Waals surface area contributed by atoms with Crippen molar-refractivity contribution in [2.75, 3.05) is 0 Å². The summed E-state index contributed by atoms with van der Waals surface area (Å²) in [6, 6.07) is 6.20. The van der Waals surface area contributed by atoms with Crippen molar-refractivity contribution in [1.29, 1.82) is 0 Å². The van der Waals surface area contributed by atoms with Crippen molar-refractivity contribution >= 4 is 11.6 Å². The number of nitrogens with zero attached hydrogens (tertiary/aromatic N) is 2. The van der Waals surface area contributed by atoms with Crippen molar-refractivity contribution in [3.63, 3.8) is 0 Å². The lowest BCUT2D eigenvalue weighted by molar-refractivity contribution is 0.478. The largest absolute Gasteiger partial charge is 0.271 e. The van der Waals surface area contributed by atoms with Gasteiger partial charge in [0.2, 0.25) is 0 Å². The number of nitrogens with two attached hydrogens (primary N) is 1. The molecule has 6 heteroatoms. The zero-order valence-electron chi connectivity index (χ0n) is 11.3. The van der Waals surface area contributed by atoms with Gasteiger partial charge in [0.1, 0.15) is 5.82 Å². The van der Waals surface area contributed by atoms with E-state index >= 15 is 0 Å². The Bertz CT molecular complexity index is 553. The Morgan fingerprint density at radius 1 is 1.40 bits per heavy atom. The minimum Gasteiger partial charge on any atom is -0.271 e. The molecule has 1 aromatic heterocycles. The minimum absolute atomic E-state index is 0.165. The molecule has 2 aromatic rings. The van der Waals surface area contributed by atoms with Crippen molar-refractivity contribution in [2.24, 2.45) is 5.84 Å². The minimum atomic E-state index is -0.250. The van der Waals surface area contributed by atoms with Crippen LogP contribution in [0.4, 0.5) is 4.39 Å². The van der Waals surface area contributed by atoms with Gasteiger partial charge in [-0.1, -0.05) is 30.7 Å². The summed E-state index contributed by atoms with van der Waals surface area (Å²) in [5.41, 5.74) is 4.61. The van der Waals surface area contributed by atoms with E-state index in [1.54, 1.807) is 18.3 Å². The second kappa shape index (κ2) is 6.83. The molecular formula is C14H18ClFN4. The van der Waals surface area contributed by atoms with Gasteiger partial charge >= 0.3 is 0 Å². The first-order valence-electron chi connectivity index (χ1n) is 6.57. The molecule has 108 valence electrons. The molecular weight excluding hydrogens is 279 g/mol. The van der Waals surface area contributed by atoms with Gasteiger partial charge < -0.3 is 0 Å². The van der Waals surface area contributed by atoms with Crippen LogP contribution in [0.2, 0.25) is 5.02 Å². The highest BCUT2D eigenvalue weighted by atomic mass is 35.5. The number of hydrazine groups is 1. The van der Waals surface area contributed by atoms with Crippen LogP contribution in [0.3, 0.4) is 0 Å². The molecule has 1 atom stereocenters. The van der Waals surface area contributed by atoms with Gasteiger partial charge in [0.05, 0.1) is 23.0 Å². The first-order valence-corrected chi connectivity index (χ1v) is 6.95. The van der Waals surface area contributed by atoms with E-state index in [9.17, 15) is 4.39 Å². The summed E-state index contributed by atoms with van der Waals surface area (Å²) >= 11 is 6.21. The number of benzene rings is 1. The first kappa shape index (κ1) is 15.0. The number of halogens is 2. The van der Waals surface area contributed by atoms with Gasteiger partial charge in [0.25, 0.3) is 0 Å². The third kappa shape index (κ3) is 3.36. The molecule has 1 unspecified atom stereocenters. The predicted octanol–water partition coefficient (Wildman–Crippen LogP) is 2.83. The van der Waals surface area contributed by atoms with E-state index in [1.165, 1.54) is 12.1 Å². The Balaban J connectivity index is 2.23. The monoisotopic (exact) mass is 296 g/mol. The highest BCUT2D eigenvalue weighted by Crippen LogP contribution is 2.25. The average Bonchev–Trinajstić information content (AvgIpc) is 2.80. The zero-order valence-corrected chi connectivity index (χ0v) is 12.1. The fourth-order valence-electron chi connectivity index (χ4n) is 2.20. The number of aryl methyl sites for hydroxylation is 1. The molecule has 0 amide bonds. The van der Waals surface area contributed by atoms with Crippen LogP contribution in [0.15, 0.2) is 30.5 Å². The normalized spacial score (nSPS) is 12.6. The molecule has 3 N–H and O–H groups in total. The molecule has 1 heterocycles. The Morgan fingerprint density at radius 3 is 2.70 bits per heavy atom. The summed E-state index contributed by atoms with van der Waals surface area (Å²) in [7, 11) is 0. The molecule has 0 saturated carbocycles. The summed E-state index contributed by atoms with van der Waals surface area (Å²) in [4.78, 5) is 0. The Hall–Kier alpha value is -1.43. The Labute approximate surface area is 122 Å². The second-order valence-corrected chi connectivity index (χ2v) is 5.06. The highest BCUT2D eigenvalue weighted by molar-refractivity contribution is 6.31. The molecule has 0 fully saturated rings. The first-order chi connectivity index (χ1) is 9.65. The number of hydrogen-bond acceptors (Lipinski definition) is 3. The SMILES string of the molecule is CCCn1ncc(Cl)c1C(Cc1ccc(F)cc1)NN. The topological polar surface area (TPSA) is 55.9 Å². The number of nitrogens with one attached hydrogen (secondary N) is 1. The smallest absolute Gasteiger partial charge is 0.123 e. The number of rotatable bonds is 6. The van der Waals surface area contributed by atoms with E-state index in [-0.39, 0.29) is 11.9 Å².